The Bertz CT molecular complexity index is 617. The third kappa shape index (κ3) is 3.40. The van der Waals surface area contributed by atoms with Crippen molar-refractivity contribution in [3.63, 3.8) is 0 Å². The van der Waals surface area contributed by atoms with E-state index in [0.717, 1.165) is 12.1 Å². The number of ether oxygens (including phenoxy) is 2. The van der Waals surface area contributed by atoms with Gasteiger partial charge in [-0.3, -0.25) is 0 Å². The number of hydrogen-bond donors (Lipinski definition) is 1. The molecule has 0 amide bonds. The van der Waals surface area contributed by atoms with Gasteiger partial charge in [0.1, 0.15) is 22.7 Å². The summed E-state index contributed by atoms with van der Waals surface area (Å²) >= 11 is 6.01. The number of morpholine rings is 1. The molecule has 5 heteroatoms. The minimum atomic E-state index is -0.492. The molecule has 2 unspecified atom stereocenters. The summed E-state index contributed by atoms with van der Waals surface area (Å²) in [5.41, 5.74) is 0.969. The van der Waals surface area contributed by atoms with E-state index in [9.17, 15) is 4.39 Å². The maximum atomic E-state index is 13.6. The first-order valence-electron chi connectivity index (χ1n) is 7.23. The summed E-state index contributed by atoms with van der Waals surface area (Å²) in [6.45, 7) is 2.11. The normalized spacial score (nSPS) is 19.6. The van der Waals surface area contributed by atoms with E-state index in [1.165, 1.54) is 6.07 Å². The Morgan fingerprint density at radius 1 is 1.18 bits per heavy atom. The lowest BCUT2D eigenvalue weighted by molar-refractivity contribution is -0.0432. The highest BCUT2D eigenvalue weighted by atomic mass is 35.5. The Kier molecular flexibility index (Phi) is 4.93. The van der Waals surface area contributed by atoms with E-state index in [-0.39, 0.29) is 17.2 Å². The van der Waals surface area contributed by atoms with Gasteiger partial charge in [-0.1, -0.05) is 48.0 Å². The molecule has 1 saturated heterocycles. The van der Waals surface area contributed by atoms with Crippen LogP contribution in [-0.2, 0) is 4.74 Å². The van der Waals surface area contributed by atoms with E-state index >= 15 is 0 Å². The van der Waals surface area contributed by atoms with Gasteiger partial charge in [0.15, 0.2) is 6.10 Å². The van der Waals surface area contributed by atoms with Gasteiger partial charge in [0, 0.05) is 13.1 Å². The van der Waals surface area contributed by atoms with Crippen LogP contribution in [0.15, 0.2) is 48.5 Å². The van der Waals surface area contributed by atoms with Crippen LogP contribution in [0.2, 0.25) is 5.02 Å². The van der Waals surface area contributed by atoms with Crippen molar-refractivity contribution in [3.05, 3.63) is 64.9 Å². The summed E-state index contributed by atoms with van der Waals surface area (Å²) in [4.78, 5) is 0. The third-order valence-corrected chi connectivity index (χ3v) is 3.96. The summed E-state index contributed by atoms with van der Waals surface area (Å²) in [5, 5.41) is 3.28. The predicted octanol–water partition coefficient (Wildman–Crippen LogP) is 3.59. The molecule has 1 N–H and O–H groups in total. The number of rotatable bonds is 4. The summed E-state index contributed by atoms with van der Waals surface area (Å²) in [6.07, 6.45) is -0.510. The molecule has 3 rings (SSSR count). The van der Waals surface area contributed by atoms with Crippen molar-refractivity contribution >= 4 is 11.6 Å². The standard InChI is InChI=1S/C17H17ClFNO2/c18-16-13(19)7-4-8-14(16)22-17(12-5-2-1-3-6-12)15-11-20-9-10-21-15/h1-8,15,17,20H,9-11H2. The third-order valence-electron chi connectivity index (χ3n) is 3.59. The topological polar surface area (TPSA) is 30.5 Å². The van der Waals surface area contributed by atoms with Crippen LogP contribution in [0, 0.1) is 5.82 Å². The summed E-state index contributed by atoms with van der Waals surface area (Å²) in [7, 11) is 0. The first-order valence-corrected chi connectivity index (χ1v) is 7.61. The molecule has 3 nitrogen and oxygen atoms in total. The Morgan fingerprint density at radius 3 is 2.73 bits per heavy atom. The van der Waals surface area contributed by atoms with Crippen LogP contribution >= 0.6 is 11.6 Å². The van der Waals surface area contributed by atoms with Crippen molar-refractivity contribution in [2.24, 2.45) is 0 Å². The lowest BCUT2D eigenvalue weighted by atomic mass is 10.0. The molecule has 0 radical (unpaired) electrons. The van der Waals surface area contributed by atoms with E-state index in [1.807, 2.05) is 30.3 Å². The Hall–Kier alpha value is -1.62. The highest BCUT2D eigenvalue weighted by Crippen LogP contribution is 2.33. The highest BCUT2D eigenvalue weighted by Gasteiger charge is 2.28. The van der Waals surface area contributed by atoms with Crippen LogP contribution in [0.5, 0.6) is 5.75 Å². The van der Waals surface area contributed by atoms with Crippen LogP contribution in [0.25, 0.3) is 0 Å². The molecule has 0 aliphatic carbocycles. The SMILES string of the molecule is Fc1cccc(OC(c2ccccc2)C2CNCCO2)c1Cl. The van der Waals surface area contributed by atoms with E-state index in [4.69, 9.17) is 21.1 Å². The molecule has 0 aromatic heterocycles. The van der Waals surface area contributed by atoms with Crippen molar-refractivity contribution in [2.75, 3.05) is 19.7 Å². The quantitative estimate of drug-likeness (QED) is 0.933. The second-order valence-electron chi connectivity index (χ2n) is 5.11. The molecule has 1 heterocycles. The van der Waals surface area contributed by atoms with Crippen molar-refractivity contribution in [1.29, 1.82) is 0 Å². The van der Waals surface area contributed by atoms with Gasteiger partial charge in [0.05, 0.1) is 6.61 Å². The fraction of sp³-hybridized carbons (Fsp3) is 0.294. The average molecular weight is 322 g/mol. The van der Waals surface area contributed by atoms with Crippen molar-refractivity contribution in [2.45, 2.75) is 12.2 Å². The van der Waals surface area contributed by atoms with Crippen LogP contribution in [0.1, 0.15) is 11.7 Å². The second-order valence-corrected chi connectivity index (χ2v) is 5.49. The zero-order valence-electron chi connectivity index (χ0n) is 12.0. The molecule has 1 aliphatic heterocycles. The molecule has 2 aromatic rings. The van der Waals surface area contributed by atoms with Crippen LogP contribution in [0.3, 0.4) is 0 Å². The molecule has 0 spiro atoms. The first kappa shape index (κ1) is 15.3. The summed E-state index contributed by atoms with van der Waals surface area (Å²) in [5.74, 6) is -0.168. The van der Waals surface area contributed by atoms with Crippen molar-refractivity contribution < 1.29 is 13.9 Å². The molecule has 0 bridgehead atoms. The number of benzene rings is 2. The molecule has 2 aromatic carbocycles. The molecular weight excluding hydrogens is 305 g/mol. The van der Waals surface area contributed by atoms with E-state index in [1.54, 1.807) is 12.1 Å². The Morgan fingerprint density at radius 2 is 2.00 bits per heavy atom. The minimum Gasteiger partial charge on any atom is -0.481 e. The molecule has 0 saturated carbocycles. The van der Waals surface area contributed by atoms with Crippen LogP contribution in [-0.4, -0.2) is 25.8 Å². The molecule has 22 heavy (non-hydrogen) atoms. The van der Waals surface area contributed by atoms with Gasteiger partial charge in [0.25, 0.3) is 0 Å². The van der Waals surface area contributed by atoms with Gasteiger partial charge >= 0.3 is 0 Å². The van der Waals surface area contributed by atoms with Gasteiger partial charge in [-0.25, -0.2) is 4.39 Å². The van der Waals surface area contributed by atoms with Gasteiger partial charge in [0.2, 0.25) is 0 Å². The van der Waals surface area contributed by atoms with Gasteiger partial charge in [-0.2, -0.15) is 0 Å². The Labute approximate surface area is 134 Å². The highest BCUT2D eigenvalue weighted by molar-refractivity contribution is 6.32. The average Bonchev–Trinajstić information content (AvgIpc) is 2.58. The zero-order valence-corrected chi connectivity index (χ0v) is 12.7. The van der Waals surface area contributed by atoms with Crippen molar-refractivity contribution in [3.8, 4) is 5.75 Å². The molecular formula is C17H17ClFNO2. The molecule has 1 aliphatic rings. The lowest BCUT2D eigenvalue weighted by Gasteiger charge is -2.31. The largest absolute Gasteiger partial charge is 0.481 e. The van der Waals surface area contributed by atoms with E-state index < -0.39 is 5.82 Å². The summed E-state index contributed by atoms with van der Waals surface area (Å²) in [6, 6.07) is 14.3. The maximum Gasteiger partial charge on any atom is 0.151 e. The van der Waals surface area contributed by atoms with Crippen LogP contribution < -0.4 is 10.1 Å². The van der Waals surface area contributed by atoms with Crippen LogP contribution in [0.4, 0.5) is 4.39 Å². The number of hydrogen-bond acceptors (Lipinski definition) is 3. The maximum absolute atomic E-state index is 13.6. The fourth-order valence-electron chi connectivity index (χ4n) is 2.49. The number of halogens is 2. The Balaban J connectivity index is 1.89. The molecule has 2 atom stereocenters. The smallest absolute Gasteiger partial charge is 0.151 e. The minimum absolute atomic E-state index is 0.00722. The second kappa shape index (κ2) is 7.09. The van der Waals surface area contributed by atoms with Gasteiger partial charge < -0.3 is 14.8 Å². The van der Waals surface area contributed by atoms with Gasteiger partial charge in [-0.15, -0.1) is 0 Å². The monoisotopic (exact) mass is 321 g/mol. The van der Waals surface area contributed by atoms with Gasteiger partial charge in [-0.05, 0) is 17.7 Å². The fourth-order valence-corrected chi connectivity index (χ4v) is 2.66. The number of nitrogens with one attached hydrogen (secondary N) is 1. The zero-order chi connectivity index (χ0) is 15.4. The molecule has 116 valence electrons. The lowest BCUT2D eigenvalue weighted by Crippen LogP contribution is -2.43. The summed E-state index contributed by atoms with van der Waals surface area (Å²) < 4.78 is 25.4. The first-order chi connectivity index (χ1) is 10.8. The van der Waals surface area contributed by atoms with E-state index in [2.05, 4.69) is 5.32 Å². The van der Waals surface area contributed by atoms with E-state index in [0.29, 0.717) is 18.9 Å². The predicted molar refractivity (Wildman–Crippen MR) is 83.8 cm³/mol. The molecule has 1 fully saturated rings. The van der Waals surface area contributed by atoms with Crippen molar-refractivity contribution in [1.82, 2.24) is 5.32 Å².